The van der Waals surface area contributed by atoms with Crippen LogP contribution in [-0.4, -0.2) is 36.1 Å². The Morgan fingerprint density at radius 3 is 2.57 bits per heavy atom. The fourth-order valence-electron chi connectivity index (χ4n) is 2.79. The van der Waals surface area contributed by atoms with E-state index in [2.05, 4.69) is 25.9 Å². The van der Waals surface area contributed by atoms with E-state index in [0.717, 1.165) is 17.1 Å². The van der Waals surface area contributed by atoms with Gasteiger partial charge >= 0.3 is 0 Å². The number of methoxy groups -OCH3 is 1. The maximum atomic E-state index is 13.6. The Morgan fingerprint density at radius 2 is 1.83 bits per heavy atom. The van der Waals surface area contributed by atoms with Crippen molar-refractivity contribution in [3.8, 4) is 5.75 Å². The van der Waals surface area contributed by atoms with E-state index in [0.29, 0.717) is 30.4 Å². The molecule has 3 N–H and O–H groups in total. The van der Waals surface area contributed by atoms with Crippen LogP contribution in [0.1, 0.15) is 11.3 Å². The molecular formula is C22H24FN5O2. The van der Waals surface area contributed by atoms with Crippen LogP contribution in [-0.2, 0) is 11.2 Å². The molecule has 8 heteroatoms. The van der Waals surface area contributed by atoms with E-state index >= 15 is 0 Å². The highest BCUT2D eigenvalue weighted by atomic mass is 19.1. The first-order valence-corrected chi connectivity index (χ1v) is 9.54. The number of ether oxygens (including phenoxy) is 1. The van der Waals surface area contributed by atoms with Crippen molar-refractivity contribution in [2.75, 3.05) is 30.8 Å². The molecule has 1 amide bonds. The zero-order valence-corrected chi connectivity index (χ0v) is 16.9. The number of anilines is 3. The number of hydrogen-bond acceptors (Lipinski definition) is 6. The Labute approximate surface area is 174 Å². The Kier molecular flexibility index (Phi) is 7.15. The Morgan fingerprint density at radius 1 is 1.07 bits per heavy atom. The fraction of sp³-hybridized carbons (Fsp3) is 0.227. The van der Waals surface area contributed by atoms with Gasteiger partial charge in [0.1, 0.15) is 17.4 Å². The number of amides is 1. The zero-order chi connectivity index (χ0) is 21.3. The summed E-state index contributed by atoms with van der Waals surface area (Å²) in [5.74, 6) is 1.26. The molecule has 0 atom stereocenters. The molecular weight excluding hydrogens is 385 g/mol. The van der Waals surface area contributed by atoms with E-state index in [9.17, 15) is 9.18 Å². The van der Waals surface area contributed by atoms with Gasteiger partial charge in [0.05, 0.1) is 13.5 Å². The van der Waals surface area contributed by atoms with Crippen LogP contribution in [0.25, 0.3) is 0 Å². The van der Waals surface area contributed by atoms with Gasteiger partial charge in [0.2, 0.25) is 11.9 Å². The summed E-state index contributed by atoms with van der Waals surface area (Å²) in [5.41, 5.74) is 2.05. The summed E-state index contributed by atoms with van der Waals surface area (Å²) in [6.07, 6.45) is 0.00352. The van der Waals surface area contributed by atoms with Crippen molar-refractivity contribution in [3.63, 3.8) is 0 Å². The first kappa shape index (κ1) is 21.0. The molecule has 0 radical (unpaired) electrons. The zero-order valence-electron chi connectivity index (χ0n) is 16.9. The van der Waals surface area contributed by atoms with Crippen molar-refractivity contribution in [1.29, 1.82) is 0 Å². The number of aromatic nitrogens is 2. The highest BCUT2D eigenvalue weighted by Gasteiger charge is 2.07. The minimum absolute atomic E-state index is 0.00352. The molecule has 0 saturated heterocycles. The van der Waals surface area contributed by atoms with Crippen molar-refractivity contribution in [2.24, 2.45) is 0 Å². The molecule has 3 rings (SSSR count). The van der Waals surface area contributed by atoms with Gasteiger partial charge in [0.15, 0.2) is 0 Å². The van der Waals surface area contributed by atoms with Crippen LogP contribution in [0, 0.1) is 12.7 Å². The number of carbonyl (C=O) groups is 1. The molecule has 0 saturated carbocycles. The third kappa shape index (κ3) is 6.16. The number of nitrogens with zero attached hydrogens (tertiary/aromatic N) is 2. The molecule has 1 heterocycles. The van der Waals surface area contributed by atoms with E-state index in [1.807, 2.05) is 37.3 Å². The molecule has 0 aliphatic rings. The molecule has 0 unspecified atom stereocenters. The predicted molar refractivity (Wildman–Crippen MR) is 115 cm³/mol. The normalized spacial score (nSPS) is 10.4. The average Bonchev–Trinajstić information content (AvgIpc) is 2.73. The predicted octanol–water partition coefficient (Wildman–Crippen LogP) is 3.45. The van der Waals surface area contributed by atoms with Gasteiger partial charge in [-0.3, -0.25) is 4.79 Å². The number of benzene rings is 2. The first-order valence-electron chi connectivity index (χ1n) is 9.54. The second kappa shape index (κ2) is 10.2. The van der Waals surface area contributed by atoms with Crippen LogP contribution >= 0.6 is 0 Å². The number of aryl methyl sites for hydroxylation is 1. The molecule has 3 aromatic rings. The molecule has 0 fully saturated rings. The van der Waals surface area contributed by atoms with Gasteiger partial charge in [-0.25, -0.2) is 9.37 Å². The van der Waals surface area contributed by atoms with Crippen LogP contribution in [0.2, 0.25) is 0 Å². The standard InChI is InChI=1S/C22H24FN5O2/c1-15-13-20(27-17-7-9-18(30-2)10-8-17)28-22(26-15)25-12-11-24-21(29)14-16-5-3-4-6-19(16)23/h3-10,13H,11-12,14H2,1-2H3,(H,24,29)(H2,25,26,27,28). The summed E-state index contributed by atoms with van der Waals surface area (Å²) >= 11 is 0. The van der Waals surface area contributed by atoms with E-state index in [1.165, 1.54) is 6.07 Å². The summed E-state index contributed by atoms with van der Waals surface area (Å²) in [6.45, 7) is 2.68. The molecule has 0 bridgehead atoms. The smallest absolute Gasteiger partial charge is 0.224 e. The molecule has 0 spiro atoms. The Balaban J connectivity index is 1.49. The van der Waals surface area contributed by atoms with E-state index < -0.39 is 0 Å². The number of carbonyl (C=O) groups excluding carboxylic acids is 1. The average molecular weight is 409 g/mol. The molecule has 156 valence electrons. The molecule has 0 aliphatic heterocycles. The molecule has 2 aromatic carbocycles. The lowest BCUT2D eigenvalue weighted by atomic mass is 10.1. The third-order valence-corrected chi connectivity index (χ3v) is 4.26. The SMILES string of the molecule is COc1ccc(Nc2cc(C)nc(NCCNC(=O)Cc3ccccc3F)n2)cc1. The van der Waals surface area contributed by atoms with Gasteiger partial charge in [0, 0.05) is 30.5 Å². The lowest BCUT2D eigenvalue weighted by Crippen LogP contribution is -2.30. The lowest BCUT2D eigenvalue weighted by molar-refractivity contribution is -0.120. The maximum absolute atomic E-state index is 13.6. The summed E-state index contributed by atoms with van der Waals surface area (Å²) in [7, 11) is 1.62. The van der Waals surface area contributed by atoms with Crippen LogP contribution in [0.4, 0.5) is 21.8 Å². The Bertz CT molecular complexity index is 995. The van der Waals surface area contributed by atoms with Gasteiger partial charge in [-0.2, -0.15) is 4.98 Å². The second-order valence-electron chi connectivity index (χ2n) is 6.62. The largest absolute Gasteiger partial charge is 0.497 e. The Hall–Kier alpha value is -3.68. The quantitative estimate of drug-likeness (QED) is 0.469. The maximum Gasteiger partial charge on any atom is 0.224 e. The van der Waals surface area contributed by atoms with Crippen molar-refractivity contribution in [2.45, 2.75) is 13.3 Å². The lowest BCUT2D eigenvalue weighted by Gasteiger charge is -2.11. The van der Waals surface area contributed by atoms with Gasteiger partial charge in [-0.1, -0.05) is 18.2 Å². The summed E-state index contributed by atoms with van der Waals surface area (Å²) < 4.78 is 18.8. The van der Waals surface area contributed by atoms with E-state index in [4.69, 9.17) is 4.74 Å². The number of rotatable bonds is 9. The van der Waals surface area contributed by atoms with Crippen LogP contribution in [0.15, 0.2) is 54.6 Å². The van der Waals surface area contributed by atoms with Crippen molar-refractivity contribution in [3.05, 3.63) is 71.7 Å². The minimum atomic E-state index is -0.379. The van der Waals surface area contributed by atoms with Crippen LogP contribution < -0.4 is 20.7 Å². The molecule has 0 aliphatic carbocycles. The van der Waals surface area contributed by atoms with Gasteiger partial charge < -0.3 is 20.7 Å². The van der Waals surface area contributed by atoms with Gasteiger partial charge in [-0.15, -0.1) is 0 Å². The van der Waals surface area contributed by atoms with Gasteiger partial charge in [0.25, 0.3) is 0 Å². The second-order valence-corrected chi connectivity index (χ2v) is 6.62. The summed E-state index contributed by atoms with van der Waals surface area (Å²) in [6, 6.07) is 15.6. The minimum Gasteiger partial charge on any atom is -0.497 e. The number of nitrogens with one attached hydrogen (secondary N) is 3. The fourth-order valence-corrected chi connectivity index (χ4v) is 2.79. The van der Waals surface area contributed by atoms with Crippen LogP contribution in [0.5, 0.6) is 5.75 Å². The van der Waals surface area contributed by atoms with E-state index in [-0.39, 0.29) is 18.1 Å². The first-order chi connectivity index (χ1) is 14.5. The molecule has 1 aromatic heterocycles. The highest BCUT2D eigenvalue weighted by Crippen LogP contribution is 2.19. The third-order valence-electron chi connectivity index (χ3n) is 4.26. The highest BCUT2D eigenvalue weighted by molar-refractivity contribution is 5.78. The van der Waals surface area contributed by atoms with Crippen molar-refractivity contribution >= 4 is 23.4 Å². The number of hydrogen-bond donors (Lipinski definition) is 3. The molecule has 30 heavy (non-hydrogen) atoms. The number of halogens is 1. The topological polar surface area (TPSA) is 88.2 Å². The van der Waals surface area contributed by atoms with Crippen molar-refractivity contribution < 1.29 is 13.9 Å². The summed E-state index contributed by atoms with van der Waals surface area (Å²) in [4.78, 5) is 20.8. The monoisotopic (exact) mass is 409 g/mol. The van der Waals surface area contributed by atoms with E-state index in [1.54, 1.807) is 25.3 Å². The van der Waals surface area contributed by atoms with Gasteiger partial charge in [-0.05, 0) is 42.8 Å². The molecule has 7 nitrogen and oxygen atoms in total. The summed E-state index contributed by atoms with van der Waals surface area (Å²) in [5, 5.41) is 9.07. The van der Waals surface area contributed by atoms with Crippen LogP contribution in [0.3, 0.4) is 0 Å². The van der Waals surface area contributed by atoms with Crippen molar-refractivity contribution in [1.82, 2.24) is 15.3 Å².